The Labute approximate surface area is 112 Å². The number of amides is 2. The third kappa shape index (κ3) is 3.18. The van der Waals surface area contributed by atoms with Crippen LogP contribution in [0.5, 0.6) is 0 Å². The molecule has 19 heavy (non-hydrogen) atoms. The SMILES string of the molecule is CC1(NC(=O)NCC2(C(=O)O)CCCC2)CCOC1. The van der Waals surface area contributed by atoms with Gasteiger partial charge in [-0.3, -0.25) is 4.79 Å². The molecule has 0 aromatic carbocycles. The van der Waals surface area contributed by atoms with Gasteiger partial charge in [-0.25, -0.2) is 4.79 Å². The minimum atomic E-state index is -0.805. The number of urea groups is 1. The number of rotatable bonds is 4. The van der Waals surface area contributed by atoms with Crippen LogP contribution in [0.15, 0.2) is 0 Å². The van der Waals surface area contributed by atoms with E-state index in [0.717, 1.165) is 19.3 Å². The van der Waals surface area contributed by atoms with Crippen LogP contribution < -0.4 is 10.6 Å². The van der Waals surface area contributed by atoms with Crippen molar-refractivity contribution in [3.8, 4) is 0 Å². The molecule has 0 aromatic rings. The molecule has 1 saturated heterocycles. The molecule has 0 radical (unpaired) electrons. The predicted molar refractivity (Wildman–Crippen MR) is 68.9 cm³/mol. The van der Waals surface area contributed by atoms with Crippen LogP contribution in [0.1, 0.15) is 39.0 Å². The Balaban J connectivity index is 1.84. The van der Waals surface area contributed by atoms with E-state index < -0.39 is 11.4 Å². The number of nitrogens with one attached hydrogen (secondary N) is 2. The first-order valence-electron chi connectivity index (χ1n) is 6.83. The Bertz CT molecular complexity index is 358. The first-order chi connectivity index (χ1) is 8.96. The molecular weight excluding hydrogens is 248 g/mol. The number of aliphatic carboxylic acids is 1. The third-order valence-corrected chi connectivity index (χ3v) is 4.24. The summed E-state index contributed by atoms with van der Waals surface area (Å²) in [6.45, 7) is 3.29. The molecule has 2 amide bonds. The van der Waals surface area contributed by atoms with Gasteiger partial charge in [0.05, 0.1) is 17.6 Å². The topological polar surface area (TPSA) is 87.7 Å². The highest BCUT2D eigenvalue weighted by atomic mass is 16.5. The van der Waals surface area contributed by atoms with E-state index in [2.05, 4.69) is 10.6 Å². The molecule has 0 aromatic heterocycles. The number of hydrogen-bond acceptors (Lipinski definition) is 3. The fourth-order valence-electron chi connectivity index (χ4n) is 2.85. The molecule has 1 aliphatic carbocycles. The first-order valence-corrected chi connectivity index (χ1v) is 6.83. The molecule has 2 aliphatic rings. The number of ether oxygens (including phenoxy) is 1. The van der Waals surface area contributed by atoms with Crippen LogP contribution in [0.3, 0.4) is 0 Å². The van der Waals surface area contributed by atoms with E-state index in [-0.39, 0.29) is 18.1 Å². The van der Waals surface area contributed by atoms with Crippen LogP contribution >= 0.6 is 0 Å². The second-order valence-electron chi connectivity index (χ2n) is 5.96. The Hall–Kier alpha value is -1.30. The summed E-state index contributed by atoms with van der Waals surface area (Å²) >= 11 is 0. The molecule has 1 aliphatic heterocycles. The quantitative estimate of drug-likeness (QED) is 0.714. The van der Waals surface area contributed by atoms with Gasteiger partial charge in [-0.1, -0.05) is 12.8 Å². The van der Waals surface area contributed by atoms with E-state index in [1.807, 2.05) is 6.92 Å². The van der Waals surface area contributed by atoms with Crippen LogP contribution in [0.2, 0.25) is 0 Å². The number of carbonyl (C=O) groups excluding carboxylic acids is 1. The summed E-state index contributed by atoms with van der Waals surface area (Å²) in [5, 5.41) is 14.9. The highest BCUT2D eigenvalue weighted by Gasteiger charge is 2.41. The van der Waals surface area contributed by atoms with E-state index in [1.165, 1.54) is 0 Å². The van der Waals surface area contributed by atoms with Crippen molar-refractivity contribution in [1.82, 2.24) is 10.6 Å². The van der Waals surface area contributed by atoms with Gasteiger partial charge in [-0.2, -0.15) is 0 Å². The zero-order chi connectivity index (χ0) is 13.9. The van der Waals surface area contributed by atoms with Gasteiger partial charge in [-0.05, 0) is 26.2 Å². The Kier molecular flexibility index (Phi) is 3.99. The Morgan fingerprint density at radius 1 is 1.26 bits per heavy atom. The minimum Gasteiger partial charge on any atom is -0.481 e. The summed E-state index contributed by atoms with van der Waals surface area (Å²) in [7, 11) is 0. The summed E-state index contributed by atoms with van der Waals surface area (Å²) in [6.07, 6.45) is 3.90. The summed E-state index contributed by atoms with van der Waals surface area (Å²) in [4.78, 5) is 23.2. The molecular formula is C13H22N2O4. The molecule has 6 nitrogen and oxygen atoms in total. The van der Waals surface area contributed by atoms with E-state index in [1.54, 1.807) is 0 Å². The van der Waals surface area contributed by atoms with E-state index in [9.17, 15) is 14.7 Å². The van der Waals surface area contributed by atoms with Crippen LogP contribution in [-0.2, 0) is 9.53 Å². The zero-order valence-electron chi connectivity index (χ0n) is 11.3. The molecule has 1 atom stereocenters. The average molecular weight is 270 g/mol. The van der Waals surface area contributed by atoms with Gasteiger partial charge < -0.3 is 20.5 Å². The van der Waals surface area contributed by atoms with Crippen molar-refractivity contribution in [3.63, 3.8) is 0 Å². The van der Waals surface area contributed by atoms with Crippen molar-refractivity contribution < 1.29 is 19.4 Å². The van der Waals surface area contributed by atoms with Crippen LogP contribution in [-0.4, -0.2) is 42.4 Å². The van der Waals surface area contributed by atoms with Crippen LogP contribution in [0, 0.1) is 5.41 Å². The highest BCUT2D eigenvalue weighted by molar-refractivity contribution is 5.78. The van der Waals surface area contributed by atoms with E-state index >= 15 is 0 Å². The molecule has 1 saturated carbocycles. The number of carboxylic acid groups (broad SMARTS) is 1. The smallest absolute Gasteiger partial charge is 0.315 e. The lowest BCUT2D eigenvalue weighted by Gasteiger charge is -2.27. The predicted octanol–water partition coefficient (Wildman–Crippen LogP) is 1.11. The van der Waals surface area contributed by atoms with Crippen molar-refractivity contribution >= 4 is 12.0 Å². The van der Waals surface area contributed by atoms with Crippen molar-refractivity contribution in [2.75, 3.05) is 19.8 Å². The summed E-state index contributed by atoms with van der Waals surface area (Å²) < 4.78 is 5.26. The average Bonchev–Trinajstić information content (AvgIpc) is 2.96. The van der Waals surface area contributed by atoms with Gasteiger partial charge in [0.2, 0.25) is 0 Å². The fourth-order valence-corrected chi connectivity index (χ4v) is 2.85. The Morgan fingerprint density at radius 3 is 2.47 bits per heavy atom. The maximum atomic E-state index is 11.9. The number of hydrogen-bond donors (Lipinski definition) is 3. The van der Waals surface area contributed by atoms with Gasteiger partial charge in [0.1, 0.15) is 0 Å². The van der Waals surface area contributed by atoms with E-state index in [0.29, 0.717) is 26.1 Å². The summed E-state index contributed by atoms with van der Waals surface area (Å²) in [5.74, 6) is -0.805. The zero-order valence-corrected chi connectivity index (χ0v) is 11.3. The van der Waals surface area contributed by atoms with Crippen molar-refractivity contribution in [2.24, 2.45) is 5.41 Å². The molecule has 3 N–H and O–H groups in total. The lowest BCUT2D eigenvalue weighted by Crippen LogP contribution is -2.53. The van der Waals surface area contributed by atoms with E-state index in [4.69, 9.17) is 4.74 Å². The normalized spacial score (nSPS) is 29.1. The number of carbonyl (C=O) groups is 2. The molecule has 108 valence electrons. The second kappa shape index (κ2) is 5.36. The molecule has 0 spiro atoms. The molecule has 1 unspecified atom stereocenters. The van der Waals surface area contributed by atoms with Gasteiger partial charge in [0, 0.05) is 13.2 Å². The monoisotopic (exact) mass is 270 g/mol. The third-order valence-electron chi connectivity index (χ3n) is 4.24. The summed E-state index contributed by atoms with van der Waals surface area (Å²) in [5.41, 5.74) is -1.11. The molecule has 2 fully saturated rings. The van der Waals surface area contributed by atoms with Gasteiger partial charge in [-0.15, -0.1) is 0 Å². The fraction of sp³-hybridized carbons (Fsp3) is 0.846. The molecule has 1 heterocycles. The molecule has 0 bridgehead atoms. The molecule has 2 rings (SSSR count). The second-order valence-corrected chi connectivity index (χ2v) is 5.96. The molecule has 6 heteroatoms. The first kappa shape index (κ1) is 14.1. The largest absolute Gasteiger partial charge is 0.481 e. The van der Waals surface area contributed by atoms with Gasteiger partial charge in [0.25, 0.3) is 0 Å². The number of carboxylic acids is 1. The maximum absolute atomic E-state index is 11.9. The van der Waals surface area contributed by atoms with Crippen molar-refractivity contribution in [2.45, 2.75) is 44.6 Å². The van der Waals surface area contributed by atoms with Crippen LogP contribution in [0.4, 0.5) is 4.79 Å². The van der Waals surface area contributed by atoms with Crippen LogP contribution in [0.25, 0.3) is 0 Å². The minimum absolute atomic E-state index is 0.200. The maximum Gasteiger partial charge on any atom is 0.315 e. The van der Waals surface area contributed by atoms with Crippen molar-refractivity contribution in [1.29, 1.82) is 0 Å². The standard InChI is InChI=1S/C13H22N2O4/c1-12(6-7-19-9-12)15-11(18)14-8-13(10(16)17)4-2-3-5-13/h2-9H2,1H3,(H,16,17)(H2,14,15,18). The Morgan fingerprint density at radius 2 is 1.95 bits per heavy atom. The highest BCUT2D eigenvalue weighted by Crippen LogP contribution is 2.37. The van der Waals surface area contributed by atoms with Gasteiger partial charge >= 0.3 is 12.0 Å². The summed E-state index contributed by atoms with van der Waals surface area (Å²) in [6, 6.07) is -0.305. The van der Waals surface area contributed by atoms with Gasteiger partial charge in [0.15, 0.2) is 0 Å². The van der Waals surface area contributed by atoms with Crippen molar-refractivity contribution in [3.05, 3.63) is 0 Å². The lowest BCUT2D eigenvalue weighted by molar-refractivity contribution is -0.148. The lowest BCUT2D eigenvalue weighted by atomic mass is 9.86.